The molecule has 0 radical (unpaired) electrons. The molecule has 1 heterocycles. The molecule has 1 aliphatic rings. The Morgan fingerprint density at radius 3 is 2.52 bits per heavy atom. The zero-order valence-electron chi connectivity index (χ0n) is 12.5. The summed E-state index contributed by atoms with van der Waals surface area (Å²) in [4.78, 5) is 8.69. The van der Waals surface area contributed by atoms with E-state index < -0.39 is 0 Å². The molecule has 1 aliphatic heterocycles. The largest absolute Gasteiger partial charge is 0.385 e. The highest BCUT2D eigenvalue weighted by atomic mass is 19.1. The van der Waals surface area contributed by atoms with Crippen molar-refractivity contribution in [2.45, 2.75) is 6.42 Å². The van der Waals surface area contributed by atoms with Crippen molar-refractivity contribution < 1.29 is 9.13 Å². The van der Waals surface area contributed by atoms with Gasteiger partial charge in [-0.15, -0.1) is 0 Å². The summed E-state index contributed by atoms with van der Waals surface area (Å²) in [6.07, 6.45) is 0.882. The fraction of sp³-hybridized carbons (Fsp3) is 0.533. The maximum Gasteiger partial charge on any atom is 0.191 e. The Labute approximate surface area is 125 Å². The lowest BCUT2D eigenvalue weighted by Crippen LogP contribution is -2.51. The summed E-state index contributed by atoms with van der Waals surface area (Å²) in [6, 6.07) is 6.61. The third-order valence-corrected chi connectivity index (χ3v) is 3.58. The van der Waals surface area contributed by atoms with E-state index in [1.54, 1.807) is 7.11 Å². The van der Waals surface area contributed by atoms with Crippen molar-refractivity contribution in [1.82, 2.24) is 4.90 Å². The van der Waals surface area contributed by atoms with Gasteiger partial charge in [-0.1, -0.05) is 0 Å². The monoisotopic (exact) mass is 294 g/mol. The quantitative estimate of drug-likeness (QED) is 0.505. The molecule has 0 atom stereocenters. The van der Waals surface area contributed by atoms with Crippen LogP contribution in [0, 0.1) is 5.82 Å². The molecule has 5 nitrogen and oxygen atoms in total. The van der Waals surface area contributed by atoms with E-state index in [9.17, 15) is 4.39 Å². The Kier molecular flexibility index (Phi) is 5.80. The Balaban J connectivity index is 1.81. The van der Waals surface area contributed by atoms with E-state index in [0.717, 1.165) is 38.3 Å². The zero-order valence-corrected chi connectivity index (χ0v) is 12.5. The number of hydrogen-bond donors (Lipinski definition) is 1. The van der Waals surface area contributed by atoms with Crippen LogP contribution in [0.25, 0.3) is 0 Å². The van der Waals surface area contributed by atoms with Gasteiger partial charge in [0, 0.05) is 52.1 Å². The standard InChI is InChI=1S/C15H23FN4O/c1-21-12-2-7-18-15(17)20-10-8-19(9-11-20)14-5-3-13(16)4-6-14/h3-6H,2,7-12H2,1H3,(H2,17,18). The minimum Gasteiger partial charge on any atom is -0.385 e. The summed E-state index contributed by atoms with van der Waals surface area (Å²) in [5, 5.41) is 0. The molecule has 1 aromatic carbocycles. The van der Waals surface area contributed by atoms with Crippen LogP contribution in [0.4, 0.5) is 10.1 Å². The van der Waals surface area contributed by atoms with E-state index in [1.807, 2.05) is 12.1 Å². The minimum absolute atomic E-state index is 0.204. The van der Waals surface area contributed by atoms with Crippen LogP contribution in [0.1, 0.15) is 6.42 Å². The topological polar surface area (TPSA) is 54.1 Å². The molecular weight excluding hydrogens is 271 g/mol. The first-order valence-electron chi connectivity index (χ1n) is 7.25. The molecule has 1 saturated heterocycles. The van der Waals surface area contributed by atoms with Crippen LogP contribution in [-0.4, -0.2) is 57.3 Å². The van der Waals surface area contributed by atoms with Crippen LogP contribution in [0.3, 0.4) is 0 Å². The molecule has 1 aromatic rings. The number of aliphatic imine (C=N–C) groups is 1. The smallest absolute Gasteiger partial charge is 0.191 e. The predicted octanol–water partition coefficient (Wildman–Crippen LogP) is 1.30. The maximum absolute atomic E-state index is 12.9. The Hall–Kier alpha value is -1.82. The lowest BCUT2D eigenvalue weighted by molar-refractivity contribution is 0.197. The summed E-state index contributed by atoms with van der Waals surface area (Å²) in [5.74, 6) is 0.398. The third kappa shape index (κ3) is 4.60. The summed E-state index contributed by atoms with van der Waals surface area (Å²) >= 11 is 0. The minimum atomic E-state index is -0.204. The first-order chi connectivity index (χ1) is 10.2. The van der Waals surface area contributed by atoms with Crippen LogP contribution in [0.5, 0.6) is 0 Å². The van der Waals surface area contributed by atoms with Crippen molar-refractivity contribution in [3.8, 4) is 0 Å². The molecule has 0 unspecified atom stereocenters. The molecule has 0 aliphatic carbocycles. The lowest BCUT2D eigenvalue weighted by Gasteiger charge is -2.36. The van der Waals surface area contributed by atoms with Crippen molar-refractivity contribution in [3.05, 3.63) is 30.1 Å². The number of anilines is 1. The fourth-order valence-electron chi connectivity index (χ4n) is 2.35. The number of halogens is 1. The first kappa shape index (κ1) is 15.6. The van der Waals surface area contributed by atoms with Gasteiger partial charge in [0.15, 0.2) is 5.96 Å². The number of methoxy groups -OCH3 is 1. The van der Waals surface area contributed by atoms with Gasteiger partial charge in [0.2, 0.25) is 0 Å². The Morgan fingerprint density at radius 1 is 1.24 bits per heavy atom. The predicted molar refractivity (Wildman–Crippen MR) is 83.2 cm³/mol. The van der Waals surface area contributed by atoms with Gasteiger partial charge in [0.25, 0.3) is 0 Å². The van der Waals surface area contributed by atoms with E-state index in [2.05, 4.69) is 14.8 Å². The second-order valence-electron chi connectivity index (χ2n) is 5.04. The molecule has 0 aromatic heterocycles. The highest BCUT2D eigenvalue weighted by molar-refractivity contribution is 5.78. The van der Waals surface area contributed by atoms with E-state index >= 15 is 0 Å². The molecule has 2 rings (SSSR count). The normalized spacial score (nSPS) is 16.4. The van der Waals surface area contributed by atoms with Crippen LogP contribution < -0.4 is 10.6 Å². The molecule has 2 N–H and O–H groups in total. The van der Waals surface area contributed by atoms with Gasteiger partial charge >= 0.3 is 0 Å². The molecular formula is C15H23FN4O. The number of nitrogens with two attached hydrogens (primary N) is 1. The molecule has 0 bridgehead atoms. The van der Waals surface area contributed by atoms with Gasteiger partial charge < -0.3 is 20.3 Å². The van der Waals surface area contributed by atoms with Crippen molar-refractivity contribution >= 4 is 11.6 Å². The molecule has 0 saturated carbocycles. The van der Waals surface area contributed by atoms with Gasteiger partial charge in [0.1, 0.15) is 5.82 Å². The lowest BCUT2D eigenvalue weighted by atomic mass is 10.2. The second kappa shape index (κ2) is 7.83. The average molecular weight is 294 g/mol. The summed E-state index contributed by atoms with van der Waals surface area (Å²) in [5.41, 5.74) is 7.05. The number of ether oxygens (including phenoxy) is 1. The number of rotatable bonds is 5. The SMILES string of the molecule is COCCCN=C(N)N1CCN(c2ccc(F)cc2)CC1. The summed E-state index contributed by atoms with van der Waals surface area (Å²) in [7, 11) is 1.68. The van der Waals surface area contributed by atoms with Gasteiger partial charge in [-0.05, 0) is 30.7 Å². The van der Waals surface area contributed by atoms with Crippen molar-refractivity contribution in [1.29, 1.82) is 0 Å². The van der Waals surface area contributed by atoms with Gasteiger partial charge in [-0.3, -0.25) is 4.99 Å². The number of guanidine groups is 1. The van der Waals surface area contributed by atoms with E-state index in [-0.39, 0.29) is 5.82 Å². The maximum atomic E-state index is 12.9. The van der Waals surface area contributed by atoms with Crippen molar-refractivity contribution in [3.63, 3.8) is 0 Å². The molecule has 0 amide bonds. The average Bonchev–Trinajstić information content (AvgIpc) is 2.52. The van der Waals surface area contributed by atoms with Gasteiger partial charge in [0.05, 0.1) is 0 Å². The first-order valence-corrected chi connectivity index (χ1v) is 7.25. The highest BCUT2D eigenvalue weighted by Crippen LogP contribution is 2.16. The van der Waals surface area contributed by atoms with Crippen LogP contribution in [0.2, 0.25) is 0 Å². The van der Waals surface area contributed by atoms with E-state index in [1.165, 1.54) is 12.1 Å². The molecule has 1 fully saturated rings. The van der Waals surface area contributed by atoms with E-state index in [4.69, 9.17) is 10.5 Å². The number of nitrogens with zero attached hydrogens (tertiary/aromatic N) is 3. The van der Waals surface area contributed by atoms with Gasteiger partial charge in [-0.2, -0.15) is 0 Å². The molecule has 6 heteroatoms. The summed E-state index contributed by atoms with van der Waals surface area (Å²) in [6.45, 7) is 4.78. The van der Waals surface area contributed by atoms with Crippen LogP contribution >= 0.6 is 0 Å². The third-order valence-electron chi connectivity index (χ3n) is 3.58. The molecule has 0 spiro atoms. The highest BCUT2D eigenvalue weighted by Gasteiger charge is 2.18. The fourth-order valence-corrected chi connectivity index (χ4v) is 2.35. The Bertz CT molecular complexity index is 455. The van der Waals surface area contributed by atoms with Gasteiger partial charge in [-0.25, -0.2) is 4.39 Å². The number of piperazine rings is 1. The second-order valence-corrected chi connectivity index (χ2v) is 5.04. The Morgan fingerprint density at radius 2 is 1.90 bits per heavy atom. The van der Waals surface area contributed by atoms with Crippen molar-refractivity contribution in [2.24, 2.45) is 10.7 Å². The number of benzene rings is 1. The zero-order chi connectivity index (χ0) is 15.1. The van der Waals surface area contributed by atoms with Crippen molar-refractivity contribution in [2.75, 3.05) is 51.3 Å². The number of hydrogen-bond acceptors (Lipinski definition) is 3. The van der Waals surface area contributed by atoms with E-state index in [0.29, 0.717) is 19.1 Å². The van der Waals surface area contributed by atoms with Crippen LogP contribution in [0.15, 0.2) is 29.3 Å². The van der Waals surface area contributed by atoms with Crippen LogP contribution in [-0.2, 0) is 4.74 Å². The molecule has 116 valence electrons. The molecule has 21 heavy (non-hydrogen) atoms. The summed E-state index contributed by atoms with van der Waals surface area (Å²) < 4.78 is 17.9.